The highest BCUT2D eigenvalue weighted by molar-refractivity contribution is 6.18. The summed E-state index contributed by atoms with van der Waals surface area (Å²) in [6.07, 6.45) is 5.34. The average molecular weight is 243 g/mol. The molecule has 2 rings (SSSR count). The second kappa shape index (κ2) is 7.32. The van der Waals surface area contributed by atoms with E-state index in [1.54, 1.807) is 12.4 Å². The van der Waals surface area contributed by atoms with E-state index in [9.17, 15) is 0 Å². The van der Waals surface area contributed by atoms with Crippen LogP contribution in [0.1, 0.15) is 11.3 Å². The van der Waals surface area contributed by atoms with Crippen molar-refractivity contribution in [1.29, 1.82) is 0 Å². The summed E-state index contributed by atoms with van der Waals surface area (Å²) >= 11 is 11.1. The molecule has 0 aliphatic rings. The first kappa shape index (κ1) is 12.1. The molecule has 0 spiro atoms. The standard InChI is InChI=1S/C6H7Cl2N.C5H5N/c7-3-5-1-2-9-6(5)4-8;1-2-4-6-5-3-1/h1-2,9H,3-4H2;1-5H. The molecule has 2 aromatic rings. The lowest BCUT2D eigenvalue weighted by molar-refractivity contribution is 1.18. The molecule has 0 saturated heterocycles. The van der Waals surface area contributed by atoms with Gasteiger partial charge in [0.05, 0.1) is 5.88 Å². The van der Waals surface area contributed by atoms with E-state index in [1.807, 2.05) is 30.5 Å². The van der Waals surface area contributed by atoms with Gasteiger partial charge in [-0.2, -0.15) is 0 Å². The fraction of sp³-hybridized carbons (Fsp3) is 0.182. The van der Waals surface area contributed by atoms with Crippen molar-refractivity contribution in [2.75, 3.05) is 0 Å². The first-order valence-corrected chi connectivity index (χ1v) is 5.57. The maximum atomic E-state index is 5.57. The van der Waals surface area contributed by atoms with Crippen LogP contribution in [0.3, 0.4) is 0 Å². The molecule has 0 amide bonds. The Morgan fingerprint density at radius 3 is 2.13 bits per heavy atom. The smallest absolute Gasteiger partial charge is 0.0628 e. The molecular weight excluding hydrogens is 231 g/mol. The molecule has 2 aromatic heterocycles. The monoisotopic (exact) mass is 242 g/mol. The Bertz CT molecular complexity index is 315. The third kappa shape index (κ3) is 4.36. The highest BCUT2D eigenvalue weighted by Crippen LogP contribution is 2.11. The molecule has 4 heteroatoms. The van der Waals surface area contributed by atoms with Gasteiger partial charge in [-0.3, -0.25) is 4.98 Å². The van der Waals surface area contributed by atoms with Crippen molar-refractivity contribution in [1.82, 2.24) is 9.97 Å². The van der Waals surface area contributed by atoms with Crippen molar-refractivity contribution in [3.63, 3.8) is 0 Å². The maximum absolute atomic E-state index is 5.57. The Balaban J connectivity index is 0.000000162. The number of nitrogens with one attached hydrogen (secondary N) is 1. The van der Waals surface area contributed by atoms with Crippen LogP contribution < -0.4 is 0 Å². The van der Waals surface area contributed by atoms with E-state index < -0.39 is 0 Å². The number of alkyl halides is 2. The first-order valence-electron chi connectivity index (χ1n) is 4.50. The van der Waals surface area contributed by atoms with Crippen molar-refractivity contribution in [3.05, 3.63) is 54.1 Å². The summed E-state index contributed by atoms with van der Waals surface area (Å²) in [6, 6.07) is 7.65. The number of hydrogen-bond acceptors (Lipinski definition) is 1. The number of aromatic nitrogens is 2. The molecule has 80 valence electrons. The number of hydrogen-bond donors (Lipinski definition) is 1. The van der Waals surface area contributed by atoms with Crippen molar-refractivity contribution in [2.24, 2.45) is 0 Å². The zero-order valence-corrected chi connectivity index (χ0v) is 9.67. The zero-order valence-electron chi connectivity index (χ0n) is 8.16. The van der Waals surface area contributed by atoms with E-state index in [-0.39, 0.29) is 0 Å². The van der Waals surface area contributed by atoms with Crippen molar-refractivity contribution >= 4 is 23.2 Å². The molecule has 0 saturated carbocycles. The van der Waals surface area contributed by atoms with Gasteiger partial charge in [-0.1, -0.05) is 6.07 Å². The lowest BCUT2D eigenvalue weighted by Gasteiger charge is -1.91. The minimum Gasteiger partial charge on any atom is -0.364 e. The maximum Gasteiger partial charge on any atom is 0.0628 e. The SMILES string of the molecule is ClCc1cc[nH]c1CCl.c1ccncc1. The molecule has 0 bridgehead atoms. The zero-order chi connectivity index (χ0) is 10.9. The van der Waals surface area contributed by atoms with Gasteiger partial charge in [-0.15, -0.1) is 23.2 Å². The summed E-state index contributed by atoms with van der Waals surface area (Å²) in [5.41, 5.74) is 2.11. The third-order valence-electron chi connectivity index (χ3n) is 1.77. The van der Waals surface area contributed by atoms with Gasteiger partial charge in [0.2, 0.25) is 0 Å². The van der Waals surface area contributed by atoms with Crippen LogP contribution in [0.4, 0.5) is 0 Å². The summed E-state index contributed by atoms with van der Waals surface area (Å²) < 4.78 is 0. The number of rotatable bonds is 2. The lowest BCUT2D eigenvalue weighted by atomic mass is 10.3. The number of halogens is 2. The summed E-state index contributed by atoms with van der Waals surface area (Å²) in [5.74, 6) is 1.04. The van der Waals surface area contributed by atoms with Crippen molar-refractivity contribution < 1.29 is 0 Å². The normalized spacial score (nSPS) is 9.20. The molecule has 0 unspecified atom stereocenters. The molecular formula is C11H12Cl2N2. The molecule has 0 radical (unpaired) electrons. The van der Waals surface area contributed by atoms with Crippen LogP contribution in [0.15, 0.2) is 42.9 Å². The molecule has 0 aliphatic carbocycles. The lowest BCUT2D eigenvalue weighted by Crippen LogP contribution is -1.81. The summed E-state index contributed by atoms with van der Waals surface area (Å²) in [6.45, 7) is 0. The predicted octanol–water partition coefficient (Wildman–Crippen LogP) is 3.57. The number of H-pyrrole nitrogens is 1. The fourth-order valence-electron chi connectivity index (χ4n) is 0.998. The largest absolute Gasteiger partial charge is 0.364 e. The Morgan fingerprint density at radius 2 is 1.80 bits per heavy atom. The van der Waals surface area contributed by atoms with Gasteiger partial charge in [-0.25, -0.2) is 0 Å². The van der Waals surface area contributed by atoms with Gasteiger partial charge < -0.3 is 4.98 Å². The molecule has 15 heavy (non-hydrogen) atoms. The Morgan fingerprint density at radius 1 is 1.07 bits per heavy atom. The summed E-state index contributed by atoms with van der Waals surface area (Å²) in [7, 11) is 0. The van der Waals surface area contributed by atoms with Gasteiger partial charge in [0.1, 0.15) is 0 Å². The van der Waals surface area contributed by atoms with Crippen molar-refractivity contribution in [2.45, 2.75) is 11.8 Å². The molecule has 0 aromatic carbocycles. The Labute approximate surface area is 99.3 Å². The first-order chi connectivity index (χ1) is 7.38. The highest BCUT2D eigenvalue weighted by Gasteiger charge is 1.98. The number of pyridine rings is 1. The van der Waals surface area contributed by atoms with Crippen LogP contribution in [-0.2, 0) is 11.8 Å². The predicted molar refractivity (Wildman–Crippen MR) is 64.1 cm³/mol. The highest BCUT2D eigenvalue weighted by atomic mass is 35.5. The Kier molecular flexibility index (Phi) is 5.90. The van der Waals surface area contributed by atoms with Crippen LogP contribution in [0, 0.1) is 0 Å². The van der Waals surface area contributed by atoms with Gasteiger partial charge in [0.15, 0.2) is 0 Å². The minimum absolute atomic E-state index is 0.509. The van der Waals surface area contributed by atoms with Gasteiger partial charge >= 0.3 is 0 Å². The van der Waals surface area contributed by atoms with Crippen LogP contribution in [0.5, 0.6) is 0 Å². The topological polar surface area (TPSA) is 28.7 Å². The minimum atomic E-state index is 0.509. The van der Waals surface area contributed by atoms with Crippen LogP contribution in [0.25, 0.3) is 0 Å². The van der Waals surface area contributed by atoms with E-state index in [0.29, 0.717) is 11.8 Å². The molecule has 2 heterocycles. The average Bonchev–Trinajstić information content (AvgIpc) is 2.79. The number of aromatic amines is 1. The van der Waals surface area contributed by atoms with Gasteiger partial charge in [0.25, 0.3) is 0 Å². The van der Waals surface area contributed by atoms with Crippen LogP contribution in [-0.4, -0.2) is 9.97 Å². The Hall–Kier alpha value is -0.990. The molecule has 2 nitrogen and oxygen atoms in total. The van der Waals surface area contributed by atoms with Gasteiger partial charge in [0, 0.05) is 30.2 Å². The van der Waals surface area contributed by atoms with E-state index in [4.69, 9.17) is 23.2 Å². The van der Waals surface area contributed by atoms with Crippen LogP contribution in [0.2, 0.25) is 0 Å². The summed E-state index contributed by atoms with van der Waals surface area (Å²) in [4.78, 5) is 6.77. The molecule has 0 fully saturated rings. The molecule has 1 N–H and O–H groups in total. The van der Waals surface area contributed by atoms with E-state index in [0.717, 1.165) is 11.3 Å². The third-order valence-corrected chi connectivity index (χ3v) is 2.33. The van der Waals surface area contributed by atoms with Crippen molar-refractivity contribution in [3.8, 4) is 0 Å². The van der Waals surface area contributed by atoms with Crippen LogP contribution >= 0.6 is 23.2 Å². The quantitative estimate of drug-likeness (QED) is 0.802. The number of nitrogens with zero attached hydrogens (tertiary/aromatic N) is 1. The van der Waals surface area contributed by atoms with E-state index in [1.165, 1.54) is 0 Å². The molecule has 0 atom stereocenters. The van der Waals surface area contributed by atoms with Gasteiger partial charge in [-0.05, 0) is 23.8 Å². The molecule has 0 aliphatic heterocycles. The summed E-state index contributed by atoms with van der Waals surface area (Å²) in [5, 5.41) is 0. The second-order valence-corrected chi connectivity index (χ2v) is 3.31. The fourth-order valence-corrected chi connectivity index (χ4v) is 1.50. The van der Waals surface area contributed by atoms with E-state index in [2.05, 4.69) is 9.97 Å². The second-order valence-electron chi connectivity index (χ2n) is 2.77. The van der Waals surface area contributed by atoms with E-state index >= 15 is 0 Å².